The van der Waals surface area contributed by atoms with E-state index in [1.165, 1.54) is 25.8 Å². The number of carbonyl (C=O) groups is 1. The molecule has 0 N–H and O–H groups in total. The molecule has 4 heteroatoms. The fourth-order valence-corrected chi connectivity index (χ4v) is 3.42. The van der Waals surface area contributed by atoms with E-state index in [4.69, 9.17) is 10.00 Å². The molecule has 1 fully saturated rings. The first-order valence-corrected chi connectivity index (χ1v) is 9.23. The number of nitriles is 1. The Morgan fingerprint density at radius 2 is 1.81 bits per heavy atom. The van der Waals surface area contributed by atoms with Crippen molar-refractivity contribution in [1.82, 2.24) is 4.90 Å². The number of hydrogen-bond donors (Lipinski definition) is 0. The molecule has 1 atom stereocenters. The van der Waals surface area contributed by atoms with Crippen molar-refractivity contribution in [3.05, 3.63) is 65.2 Å². The van der Waals surface area contributed by atoms with Crippen LogP contribution in [0.25, 0.3) is 0 Å². The molecule has 0 aromatic heterocycles. The van der Waals surface area contributed by atoms with E-state index in [0.717, 1.165) is 12.3 Å². The van der Waals surface area contributed by atoms with Gasteiger partial charge in [0, 0.05) is 17.2 Å². The van der Waals surface area contributed by atoms with Gasteiger partial charge in [-0.1, -0.05) is 6.92 Å². The van der Waals surface area contributed by atoms with Crippen molar-refractivity contribution >= 4 is 5.78 Å². The van der Waals surface area contributed by atoms with Gasteiger partial charge in [0.1, 0.15) is 12.4 Å². The van der Waals surface area contributed by atoms with Crippen molar-refractivity contribution < 1.29 is 9.53 Å². The van der Waals surface area contributed by atoms with Gasteiger partial charge in [-0.2, -0.15) is 5.26 Å². The molecule has 0 spiro atoms. The van der Waals surface area contributed by atoms with Crippen LogP contribution in [0.5, 0.6) is 5.75 Å². The van der Waals surface area contributed by atoms with Gasteiger partial charge in [-0.25, -0.2) is 0 Å². The van der Waals surface area contributed by atoms with Gasteiger partial charge in [-0.05, 0) is 80.9 Å². The second-order valence-electron chi connectivity index (χ2n) is 6.69. The first-order chi connectivity index (χ1) is 12.7. The average molecular weight is 348 g/mol. The fourth-order valence-electron chi connectivity index (χ4n) is 3.42. The van der Waals surface area contributed by atoms with Crippen LogP contribution in [0, 0.1) is 11.3 Å². The average Bonchev–Trinajstić information content (AvgIpc) is 3.14. The Bertz CT molecular complexity index is 775. The molecule has 1 unspecified atom stereocenters. The maximum Gasteiger partial charge on any atom is 0.193 e. The quantitative estimate of drug-likeness (QED) is 0.709. The first-order valence-electron chi connectivity index (χ1n) is 9.23. The minimum atomic E-state index is -0.0500. The summed E-state index contributed by atoms with van der Waals surface area (Å²) >= 11 is 0. The molecule has 0 radical (unpaired) electrons. The van der Waals surface area contributed by atoms with Crippen molar-refractivity contribution in [3.63, 3.8) is 0 Å². The monoisotopic (exact) mass is 348 g/mol. The SMILES string of the molecule is CCCN1CCCC1COc1ccc(C(=O)c2ccc(C#N)cc2)cc1. The number of likely N-dealkylation sites (tertiary alicyclic amines) is 1. The van der Waals surface area contributed by atoms with Crippen LogP contribution in [-0.2, 0) is 0 Å². The van der Waals surface area contributed by atoms with E-state index >= 15 is 0 Å². The second-order valence-corrected chi connectivity index (χ2v) is 6.69. The molecule has 0 aliphatic carbocycles. The molecule has 134 valence electrons. The third-order valence-corrected chi connectivity index (χ3v) is 4.84. The molecular weight excluding hydrogens is 324 g/mol. The zero-order valence-corrected chi connectivity index (χ0v) is 15.1. The summed E-state index contributed by atoms with van der Waals surface area (Å²) < 4.78 is 5.95. The summed E-state index contributed by atoms with van der Waals surface area (Å²) in [5.74, 6) is 0.746. The standard InChI is InChI=1S/C22H24N2O2/c1-2-13-24-14-3-4-20(24)16-26-21-11-9-19(10-12-21)22(25)18-7-5-17(15-23)6-8-18/h5-12,20H,2-4,13-14,16H2,1H3. The minimum Gasteiger partial charge on any atom is -0.492 e. The molecule has 0 saturated carbocycles. The lowest BCUT2D eigenvalue weighted by Crippen LogP contribution is -2.34. The van der Waals surface area contributed by atoms with Gasteiger partial charge < -0.3 is 4.74 Å². The number of rotatable bonds is 7. The van der Waals surface area contributed by atoms with E-state index in [0.29, 0.717) is 29.3 Å². The second kappa shape index (κ2) is 8.64. The Labute approximate surface area is 155 Å². The zero-order chi connectivity index (χ0) is 18.4. The van der Waals surface area contributed by atoms with Gasteiger partial charge in [-0.15, -0.1) is 0 Å². The van der Waals surface area contributed by atoms with Crippen LogP contribution in [0.4, 0.5) is 0 Å². The van der Waals surface area contributed by atoms with E-state index in [-0.39, 0.29) is 5.78 Å². The lowest BCUT2D eigenvalue weighted by molar-refractivity contribution is 0.103. The lowest BCUT2D eigenvalue weighted by Gasteiger charge is -2.23. The third kappa shape index (κ3) is 4.30. The third-order valence-electron chi connectivity index (χ3n) is 4.84. The van der Waals surface area contributed by atoms with E-state index < -0.39 is 0 Å². The number of nitrogens with zero attached hydrogens (tertiary/aromatic N) is 2. The van der Waals surface area contributed by atoms with Gasteiger partial charge in [0.25, 0.3) is 0 Å². The Morgan fingerprint density at radius 1 is 1.15 bits per heavy atom. The van der Waals surface area contributed by atoms with E-state index in [9.17, 15) is 4.79 Å². The van der Waals surface area contributed by atoms with E-state index in [2.05, 4.69) is 17.9 Å². The van der Waals surface area contributed by atoms with Crippen LogP contribution in [0.1, 0.15) is 47.7 Å². The normalized spacial score (nSPS) is 17.0. The Hall–Kier alpha value is -2.64. The molecule has 2 aromatic rings. The van der Waals surface area contributed by atoms with Gasteiger partial charge >= 0.3 is 0 Å². The number of ether oxygens (including phenoxy) is 1. The Balaban J connectivity index is 1.59. The highest BCUT2D eigenvalue weighted by atomic mass is 16.5. The summed E-state index contributed by atoms with van der Waals surface area (Å²) in [5, 5.41) is 8.84. The van der Waals surface area contributed by atoms with Crippen LogP contribution in [-0.4, -0.2) is 36.4 Å². The van der Waals surface area contributed by atoms with Crippen LogP contribution in [0.3, 0.4) is 0 Å². The molecule has 1 aliphatic rings. The fraction of sp³-hybridized carbons (Fsp3) is 0.364. The Morgan fingerprint density at radius 3 is 2.42 bits per heavy atom. The molecule has 0 amide bonds. The smallest absolute Gasteiger partial charge is 0.193 e. The van der Waals surface area contributed by atoms with Crippen LogP contribution in [0.2, 0.25) is 0 Å². The molecule has 1 heterocycles. The summed E-state index contributed by atoms with van der Waals surface area (Å²) in [4.78, 5) is 15.0. The summed E-state index contributed by atoms with van der Waals surface area (Å²) in [6, 6.07) is 16.6. The van der Waals surface area contributed by atoms with E-state index in [1.54, 1.807) is 36.4 Å². The summed E-state index contributed by atoms with van der Waals surface area (Å²) in [6.07, 6.45) is 3.60. The summed E-state index contributed by atoms with van der Waals surface area (Å²) in [7, 11) is 0. The topological polar surface area (TPSA) is 53.3 Å². The molecule has 1 saturated heterocycles. The predicted molar refractivity (Wildman–Crippen MR) is 101 cm³/mol. The molecular formula is C22H24N2O2. The predicted octanol–water partition coefficient (Wildman–Crippen LogP) is 4.04. The van der Waals surface area contributed by atoms with Gasteiger partial charge in [0.15, 0.2) is 5.78 Å². The molecule has 3 rings (SSSR count). The summed E-state index contributed by atoms with van der Waals surface area (Å²) in [5.41, 5.74) is 1.75. The van der Waals surface area contributed by atoms with Crippen LogP contribution >= 0.6 is 0 Å². The van der Waals surface area contributed by atoms with Crippen molar-refractivity contribution in [3.8, 4) is 11.8 Å². The lowest BCUT2D eigenvalue weighted by atomic mass is 10.0. The largest absolute Gasteiger partial charge is 0.492 e. The van der Waals surface area contributed by atoms with Gasteiger partial charge in [0.05, 0.1) is 11.6 Å². The van der Waals surface area contributed by atoms with Gasteiger partial charge in [-0.3, -0.25) is 9.69 Å². The number of benzene rings is 2. The highest BCUT2D eigenvalue weighted by molar-refractivity contribution is 6.09. The minimum absolute atomic E-state index is 0.0500. The van der Waals surface area contributed by atoms with E-state index in [1.807, 2.05) is 12.1 Å². The summed E-state index contributed by atoms with van der Waals surface area (Å²) in [6.45, 7) is 5.20. The first kappa shape index (κ1) is 18.2. The molecule has 1 aliphatic heterocycles. The highest BCUT2D eigenvalue weighted by Gasteiger charge is 2.24. The maximum atomic E-state index is 12.5. The van der Waals surface area contributed by atoms with Crippen LogP contribution < -0.4 is 4.74 Å². The van der Waals surface area contributed by atoms with Crippen molar-refractivity contribution in [1.29, 1.82) is 5.26 Å². The Kier molecular flexibility index (Phi) is 6.04. The number of carbonyl (C=O) groups excluding carboxylic acids is 1. The highest BCUT2D eigenvalue weighted by Crippen LogP contribution is 2.20. The van der Waals surface area contributed by atoms with Crippen molar-refractivity contribution in [2.45, 2.75) is 32.2 Å². The zero-order valence-electron chi connectivity index (χ0n) is 15.1. The number of ketones is 1. The number of hydrogen-bond acceptors (Lipinski definition) is 4. The molecule has 2 aromatic carbocycles. The molecule has 26 heavy (non-hydrogen) atoms. The molecule has 0 bridgehead atoms. The van der Waals surface area contributed by atoms with Gasteiger partial charge in [0.2, 0.25) is 0 Å². The van der Waals surface area contributed by atoms with Crippen LogP contribution in [0.15, 0.2) is 48.5 Å². The molecule has 4 nitrogen and oxygen atoms in total. The van der Waals surface area contributed by atoms with Crippen molar-refractivity contribution in [2.75, 3.05) is 19.7 Å². The van der Waals surface area contributed by atoms with Crippen molar-refractivity contribution in [2.24, 2.45) is 0 Å². The maximum absolute atomic E-state index is 12.5.